The first kappa shape index (κ1) is 19.5. The van der Waals surface area contributed by atoms with Crippen molar-refractivity contribution in [2.24, 2.45) is 0 Å². The van der Waals surface area contributed by atoms with Crippen molar-refractivity contribution in [3.8, 4) is 0 Å². The number of rotatable bonds is 4. The van der Waals surface area contributed by atoms with E-state index in [1.54, 1.807) is 0 Å². The van der Waals surface area contributed by atoms with E-state index in [9.17, 15) is 18.0 Å². The predicted octanol–water partition coefficient (Wildman–Crippen LogP) is 5.56. The van der Waals surface area contributed by atoms with Crippen molar-refractivity contribution < 1.29 is 18.0 Å². The van der Waals surface area contributed by atoms with Crippen LogP contribution in [-0.2, 0) is 6.18 Å². The van der Waals surface area contributed by atoms with Gasteiger partial charge in [-0.2, -0.15) is 13.2 Å². The van der Waals surface area contributed by atoms with Crippen LogP contribution in [0.2, 0.25) is 5.02 Å². The van der Waals surface area contributed by atoms with Crippen LogP contribution in [0.5, 0.6) is 0 Å². The molecule has 1 aromatic carbocycles. The Labute approximate surface area is 160 Å². The summed E-state index contributed by atoms with van der Waals surface area (Å²) in [5.74, 6) is -0.273. The molecular weight excluding hydrogens is 379 g/mol. The molecule has 1 saturated carbocycles. The average molecular weight is 398 g/mol. The Morgan fingerprint density at radius 3 is 2.56 bits per heavy atom. The molecule has 0 aliphatic heterocycles. The van der Waals surface area contributed by atoms with E-state index in [2.05, 4.69) is 15.6 Å². The molecule has 1 fully saturated rings. The molecule has 0 radical (unpaired) electrons. The number of hydrogen-bond donors (Lipinski definition) is 2. The lowest BCUT2D eigenvalue weighted by Gasteiger charge is -2.22. The van der Waals surface area contributed by atoms with Crippen LogP contribution in [0, 0.1) is 0 Å². The second-order valence-corrected chi connectivity index (χ2v) is 7.02. The van der Waals surface area contributed by atoms with Gasteiger partial charge in [0.2, 0.25) is 0 Å². The van der Waals surface area contributed by atoms with Gasteiger partial charge < -0.3 is 10.6 Å². The Hall–Kier alpha value is -2.28. The van der Waals surface area contributed by atoms with Gasteiger partial charge in [-0.1, -0.05) is 30.9 Å². The smallest absolute Gasteiger partial charge is 0.354 e. The van der Waals surface area contributed by atoms with Gasteiger partial charge in [0.25, 0.3) is 5.91 Å². The third-order valence-corrected chi connectivity index (χ3v) is 4.74. The number of nitrogens with zero attached hydrogens (tertiary/aromatic N) is 1. The molecule has 1 aromatic heterocycles. The lowest BCUT2D eigenvalue weighted by atomic mass is 9.95. The Kier molecular flexibility index (Phi) is 5.89. The summed E-state index contributed by atoms with van der Waals surface area (Å²) in [5, 5.41) is 5.64. The number of pyridine rings is 1. The van der Waals surface area contributed by atoms with E-state index in [4.69, 9.17) is 11.6 Å². The molecule has 0 unspecified atom stereocenters. The first-order valence-corrected chi connectivity index (χ1v) is 9.10. The molecule has 27 heavy (non-hydrogen) atoms. The molecule has 1 amide bonds. The van der Waals surface area contributed by atoms with Crippen LogP contribution in [0.25, 0.3) is 0 Å². The fourth-order valence-electron chi connectivity index (χ4n) is 3.16. The molecule has 0 saturated heterocycles. The summed E-state index contributed by atoms with van der Waals surface area (Å²) in [6.07, 6.45) is 3.44. The van der Waals surface area contributed by atoms with E-state index in [0.717, 1.165) is 31.7 Å². The summed E-state index contributed by atoms with van der Waals surface area (Å²) in [4.78, 5) is 16.4. The monoisotopic (exact) mass is 397 g/mol. The number of benzene rings is 1. The SMILES string of the molecule is O=C(NC1CCCCC1)c1cncc(Nc2ccc(Cl)cc2C(F)(F)F)c1. The average Bonchev–Trinajstić information content (AvgIpc) is 2.63. The van der Waals surface area contributed by atoms with Crippen molar-refractivity contribution in [1.29, 1.82) is 0 Å². The minimum absolute atomic E-state index is 0.00777. The first-order chi connectivity index (χ1) is 12.8. The largest absolute Gasteiger partial charge is 0.418 e. The molecule has 4 nitrogen and oxygen atoms in total. The third-order valence-electron chi connectivity index (χ3n) is 4.51. The van der Waals surface area contributed by atoms with Gasteiger partial charge in [0.15, 0.2) is 0 Å². The van der Waals surface area contributed by atoms with Crippen LogP contribution in [-0.4, -0.2) is 16.9 Å². The van der Waals surface area contributed by atoms with Crippen molar-refractivity contribution in [3.05, 3.63) is 52.8 Å². The molecule has 3 rings (SSSR count). The number of carbonyl (C=O) groups excluding carboxylic acids is 1. The number of hydrogen-bond acceptors (Lipinski definition) is 3. The van der Waals surface area contributed by atoms with Gasteiger partial charge in [-0.15, -0.1) is 0 Å². The molecule has 144 valence electrons. The fraction of sp³-hybridized carbons (Fsp3) is 0.368. The molecule has 2 aromatic rings. The molecule has 1 aliphatic rings. The summed E-state index contributed by atoms with van der Waals surface area (Å²) >= 11 is 5.69. The lowest BCUT2D eigenvalue weighted by Crippen LogP contribution is -2.36. The van der Waals surface area contributed by atoms with Crippen LogP contribution in [0.4, 0.5) is 24.5 Å². The summed E-state index contributed by atoms with van der Waals surface area (Å²) in [7, 11) is 0. The number of anilines is 2. The zero-order valence-corrected chi connectivity index (χ0v) is 15.2. The van der Waals surface area contributed by atoms with Crippen molar-refractivity contribution in [2.45, 2.75) is 44.3 Å². The molecular formula is C19H19ClF3N3O. The second kappa shape index (κ2) is 8.17. The molecule has 0 atom stereocenters. The fourth-order valence-corrected chi connectivity index (χ4v) is 3.34. The number of carbonyl (C=O) groups is 1. The molecule has 0 bridgehead atoms. The van der Waals surface area contributed by atoms with Gasteiger partial charge >= 0.3 is 6.18 Å². The lowest BCUT2D eigenvalue weighted by molar-refractivity contribution is -0.136. The Bertz CT molecular complexity index is 820. The summed E-state index contributed by atoms with van der Waals surface area (Å²) in [6, 6.07) is 5.10. The Morgan fingerprint density at radius 2 is 1.85 bits per heavy atom. The van der Waals surface area contributed by atoms with Gasteiger partial charge in [-0.3, -0.25) is 9.78 Å². The van der Waals surface area contributed by atoms with Gasteiger partial charge in [-0.05, 0) is 37.1 Å². The van der Waals surface area contributed by atoms with Gasteiger partial charge in [-0.25, -0.2) is 0 Å². The maximum Gasteiger partial charge on any atom is 0.418 e. The minimum atomic E-state index is -4.56. The van der Waals surface area contributed by atoms with Crippen molar-refractivity contribution in [2.75, 3.05) is 5.32 Å². The van der Waals surface area contributed by atoms with Crippen LogP contribution < -0.4 is 10.6 Å². The van der Waals surface area contributed by atoms with E-state index < -0.39 is 11.7 Å². The third kappa shape index (κ3) is 5.13. The van der Waals surface area contributed by atoms with Crippen molar-refractivity contribution in [3.63, 3.8) is 0 Å². The highest BCUT2D eigenvalue weighted by atomic mass is 35.5. The number of amides is 1. The van der Waals surface area contributed by atoms with E-state index in [1.165, 1.54) is 37.0 Å². The summed E-state index contributed by atoms with van der Waals surface area (Å²) in [6.45, 7) is 0. The Balaban J connectivity index is 1.77. The topological polar surface area (TPSA) is 54.0 Å². The summed E-state index contributed by atoms with van der Waals surface area (Å²) < 4.78 is 39.7. The highest BCUT2D eigenvalue weighted by Gasteiger charge is 2.34. The molecule has 2 N–H and O–H groups in total. The van der Waals surface area contributed by atoms with Crippen LogP contribution in [0.3, 0.4) is 0 Å². The van der Waals surface area contributed by atoms with Crippen LogP contribution >= 0.6 is 11.6 Å². The second-order valence-electron chi connectivity index (χ2n) is 6.58. The minimum Gasteiger partial charge on any atom is -0.354 e. The van der Waals surface area contributed by atoms with Gasteiger partial charge in [0, 0.05) is 17.3 Å². The number of aromatic nitrogens is 1. The molecule has 0 spiro atoms. The first-order valence-electron chi connectivity index (χ1n) is 8.72. The zero-order chi connectivity index (χ0) is 19.4. The number of nitrogens with one attached hydrogen (secondary N) is 2. The highest BCUT2D eigenvalue weighted by Crippen LogP contribution is 2.37. The highest BCUT2D eigenvalue weighted by molar-refractivity contribution is 6.30. The molecule has 1 aliphatic carbocycles. The normalized spacial score (nSPS) is 15.4. The Morgan fingerprint density at radius 1 is 1.11 bits per heavy atom. The number of halogens is 4. The van der Waals surface area contributed by atoms with Crippen molar-refractivity contribution in [1.82, 2.24) is 10.3 Å². The van der Waals surface area contributed by atoms with E-state index >= 15 is 0 Å². The maximum absolute atomic E-state index is 13.2. The summed E-state index contributed by atoms with van der Waals surface area (Å²) in [5.41, 5.74) is -0.446. The standard InChI is InChI=1S/C19H19ClF3N3O/c20-13-6-7-17(16(9-13)19(21,22)23)25-15-8-12(10-24-11-15)18(27)26-14-4-2-1-3-5-14/h6-11,14,25H,1-5H2,(H,26,27). The molecule has 8 heteroatoms. The quantitative estimate of drug-likeness (QED) is 0.710. The molecule has 1 heterocycles. The van der Waals surface area contributed by atoms with Gasteiger partial charge in [0.1, 0.15) is 0 Å². The van der Waals surface area contributed by atoms with Gasteiger partial charge in [0.05, 0.1) is 28.7 Å². The van der Waals surface area contributed by atoms with Crippen LogP contribution in [0.1, 0.15) is 48.0 Å². The predicted molar refractivity (Wildman–Crippen MR) is 98.3 cm³/mol. The van der Waals surface area contributed by atoms with Crippen molar-refractivity contribution >= 4 is 28.9 Å². The zero-order valence-electron chi connectivity index (χ0n) is 14.4. The maximum atomic E-state index is 13.2. The van der Waals surface area contributed by atoms with E-state index in [1.807, 2.05) is 0 Å². The number of alkyl halides is 3. The van der Waals surface area contributed by atoms with E-state index in [-0.39, 0.29) is 22.7 Å². The van der Waals surface area contributed by atoms with Crippen LogP contribution in [0.15, 0.2) is 36.7 Å². The van der Waals surface area contributed by atoms with E-state index in [0.29, 0.717) is 11.3 Å².